The number of aromatic nitrogens is 2. The summed E-state index contributed by atoms with van der Waals surface area (Å²) in [5.74, 6) is 1.43. The van der Waals surface area contributed by atoms with Crippen LogP contribution in [0.15, 0.2) is 36.4 Å². The van der Waals surface area contributed by atoms with E-state index in [9.17, 15) is 4.79 Å². The molecular weight excluding hydrogens is 302 g/mol. The average Bonchev–Trinajstić information content (AvgIpc) is 2.58. The lowest BCUT2D eigenvalue weighted by molar-refractivity contribution is -0.120. The van der Waals surface area contributed by atoms with Crippen LogP contribution in [0.25, 0.3) is 0 Å². The Kier molecular flexibility index (Phi) is 7.01. The second kappa shape index (κ2) is 9.50. The molecule has 0 fully saturated rings. The van der Waals surface area contributed by atoms with Gasteiger partial charge in [-0.15, -0.1) is 0 Å². The van der Waals surface area contributed by atoms with E-state index in [1.165, 1.54) is 5.56 Å². The number of hydrogen-bond acceptors (Lipinski definition) is 5. The van der Waals surface area contributed by atoms with E-state index < -0.39 is 0 Å². The van der Waals surface area contributed by atoms with Gasteiger partial charge >= 0.3 is 0 Å². The number of rotatable bonds is 9. The summed E-state index contributed by atoms with van der Waals surface area (Å²) in [5, 5.41) is 9.21. The number of carbonyl (C=O) groups is 1. The summed E-state index contributed by atoms with van der Waals surface area (Å²) < 4.78 is 0. The standard InChI is InChI=1S/C18H25N5O/c1-3-19-16-13-14(2)22-18(23-16)21-12-11-20-17(24)10-9-15-7-5-4-6-8-15/h4-8,13H,3,9-12H2,1-2H3,(H,20,24)(H2,19,21,22,23). The van der Waals surface area contributed by atoms with Crippen LogP contribution in [0.4, 0.5) is 11.8 Å². The fourth-order valence-corrected chi connectivity index (χ4v) is 2.29. The molecule has 0 aliphatic rings. The summed E-state index contributed by atoms with van der Waals surface area (Å²) >= 11 is 0. The van der Waals surface area contributed by atoms with Crippen LogP contribution in [0.2, 0.25) is 0 Å². The highest BCUT2D eigenvalue weighted by atomic mass is 16.1. The SMILES string of the molecule is CCNc1cc(C)nc(NCCNC(=O)CCc2ccccc2)n1. The van der Waals surface area contributed by atoms with Crippen molar-refractivity contribution in [2.45, 2.75) is 26.7 Å². The Bertz CT molecular complexity index is 645. The molecule has 3 N–H and O–H groups in total. The summed E-state index contributed by atoms with van der Waals surface area (Å²) in [6.07, 6.45) is 1.25. The number of amides is 1. The van der Waals surface area contributed by atoms with E-state index >= 15 is 0 Å². The lowest BCUT2D eigenvalue weighted by Gasteiger charge is -2.09. The van der Waals surface area contributed by atoms with Crippen molar-refractivity contribution >= 4 is 17.7 Å². The van der Waals surface area contributed by atoms with Crippen molar-refractivity contribution in [2.24, 2.45) is 0 Å². The third-order valence-corrected chi connectivity index (χ3v) is 3.43. The molecule has 0 bridgehead atoms. The van der Waals surface area contributed by atoms with Crippen molar-refractivity contribution in [1.82, 2.24) is 15.3 Å². The number of hydrogen-bond donors (Lipinski definition) is 3. The smallest absolute Gasteiger partial charge is 0.224 e. The minimum atomic E-state index is 0.0548. The molecule has 0 saturated heterocycles. The van der Waals surface area contributed by atoms with Gasteiger partial charge in [-0.2, -0.15) is 4.98 Å². The summed E-state index contributed by atoms with van der Waals surface area (Å²) in [6.45, 7) is 5.90. The first-order valence-corrected chi connectivity index (χ1v) is 8.31. The fraction of sp³-hybridized carbons (Fsp3) is 0.389. The van der Waals surface area contributed by atoms with Gasteiger partial charge in [0, 0.05) is 37.8 Å². The second-order valence-electron chi connectivity index (χ2n) is 5.51. The highest BCUT2D eigenvalue weighted by molar-refractivity contribution is 5.76. The van der Waals surface area contributed by atoms with Gasteiger partial charge in [-0.05, 0) is 25.8 Å². The van der Waals surface area contributed by atoms with Crippen molar-refractivity contribution in [2.75, 3.05) is 30.3 Å². The van der Waals surface area contributed by atoms with E-state index in [2.05, 4.69) is 25.9 Å². The van der Waals surface area contributed by atoms with Crippen molar-refractivity contribution < 1.29 is 4.79 Å². The zero-order valence-electron chi connectivity index (χ0n) is 14.3. The van der Waals surface area contributed by atoms with Crippen LogP contribution in [0.5, 0.6) is 0 Å². The van der Waals surface area contributed by atoms with Crippen LogP contribution in [-0.2, 0) is 11.2 Å². The number of carbonyl (C=O) groups excluding carboxylic acids is 1. The van der Waals surface area contributed by atoms with Crippen LogP contribution in [0.3, 0.4) is 0 Å². The Labute approximate surface area is 143 Å². The first kappa shape index (κ1) is 17.7. The molecular formula is C18H25N5O. The van der Waals surface area contributed by atoms with Gasteiger partial charge in [-0.3, -0.25) is 4.79 Å². The molecule has 2 rings (SSSR count). The molecule has 0 aliphatic heterocycles. The Morgan fingerprint density at radius 3 is 2.62 bits per heavy atom. The van der Waals surface area contributed by atoms with Crippen LogP contribution in [0.1, 0.15) is 24.6 Å². The normalized spacial score (nSPS) is 10.2. The van der Waals surface area contributed by atoms with Crippen molar-refractivity contribution in [3.8, 4) is 0 Å². The predicted molar refractivity (Wildman–Crippen MR) is 97.2 cm³/mol. The molecule has 1 aromatic carbocycles. The minimum absolute atomic E-state index is 0.0548. The van der Waals surface area contributed by atoms with Gasteiger partial charge in [0.15, 0.2) is 0 Å². The largest absolute Gasteiger partial charge is 0.370 e. The Balaban J connectivity index is 1.68. The zero-order valence-corrected chi connectivity index (χ0v) is 14.3. The van der Waals surface area contributed by atoms with Crippen LogP contribution >= 0.6 is 0 Å². The molecule has 1 amide bonds. The third kappa shape index (κ3) is 6.24. The maximum Gasteiger partial charge on any atom is 0.224 e. The van der Waals surface area contributed by atoms with Crippen molar-refractivity contribution in [3.63, 3.8) is 0 Å². The summed E-state index contributed by atoms with van der Waals surface area (Å²) in [7, 11) is 0. The van der Waals surface area contributed by atoms with E-state index in [0.29, 0.717) is 25.5 Å². The van der Waals surface area contributed by atoms with Crippen molar-refractivity contribution in [1.29, 1.82) is 0 Å². The first-order chi connectivity index (χ1) is 11.7. The predicted octanol–water partition coefficient (Wildman–Crippen LogP) is 2.38. The minimum Gasteiger partial charge on any atom is -0.370 e. The molecule has 6 heteroatoms. The molecule has 1 aromatic heterocycles. The van der Waals surface area contributed by atoms with E-state index in [-0.39, 0.29) is 5.91 Å². The van der Waals surface area contributed by atoms with E-state index in [1.54, 1.807) is 0 Å². The summed E-state index contributed by atoms with van der Waals surface area (Å²) in [6, 6.07) is 11.9. The molecule has 128 valence electrons. The Morgan fingerprint density at radius 2 is 1.88 bits per heavy atom. The lowest BCUT2D eigenvalue weighted by Crippen LogP contribution is -2.29. The molecule has 2 aromatic rings. The molecule has 0 saturated carbocycles. The van der Waals surface area contributed by atoms with Gasteiger partial charge < -0.3 is 16.0 Å². The number of benzene rings is 1. The molecule has 0 radical (unpaired) electrons. The molecule has 0 aliphatic carbocycles. The maximum atomic E-state index is 11.8. The van der Waals surface area contributed by atoms with Gasteiger partial charge in [-0.1, -0.05) is 30.3 Å². The third-order valence-electron chi connectivity index (χ3n) is 3.43. The summed E-state index contributed by atoms with van der Waals surface area (Å²) in [5.41, 5.74) is 2.07. The monoisotopic (exact) mass is 327 g/mol. The lowest BCUT2D eigenvalue weighted by atomic mass is 10.1. The van der Waals surface area contributed by atoms with Gasteiger partial charge in [0.1, 0.15) is 5.82 Å². The highest BCUT2D eigenvalue weighted by Crippen LogP contribution is 2.08. The maximum absolute atomic E-state index is 11.8. The Morgan fingerprint density at radius 1 is 1.08 bits per heavy atom. The van der Waals surface area contributed by atoms with Gasteiger partial charge in [0.2, 0.25) is 11.9 Å². The molecule has 24 heavy (non-hydrogen) atoms. The zero-order chi connectivity index (χ0) is 17.2. The van der Waals surface area contributed by atoms with Crippen LogP contribution in [-0.4, -0.2) is 35.5 Å². The van der Waals surface area contributed by atoms with E-state index in [0.717, 1.165) is 24.5 Å². The number of aryl methyl sites for hydroxylation is 2. The Hall–Kier alpha value is -2.63. The molecule has 0 unspecified atom stereocenters. The van der Waals surface area contributed by atoms with Crippen molar-refractivity contribution in [3.05, 3.63) is 47.7 Å². The van der Waals surface area contributed by atoms with Gasteiger partial charge in [0.25, 0.3) is 0 Å². The number of nitrogens with one attached hydrogen (secondary N) is 3. The van der Waals surface area contributed by atoms with E-state index in [1.807, 2.05) is 50.2 Å². The van der Waals surface area contributed by atoms with Crippen LogP contribution < -0.4 is 16.0 Å². The number of nitrogens with zero attached hydrogens (tertiary/aromatic N) is 2. The molecule has 1 heterocycles. The first-order valence-electron chi connectivity index (χ1n) is 8.31. The van der Waals surface area contributed by atoms with Gasteiger partial charge in [0.05, 0.1) is 0 Å². The summed E-state index contributed by atoms with van der Waals surface area (Å²) in [4.78, 5) is 20.5. The van der Waals surface area contributed by atoms with E-state index in [4.69, 9.17) is 0 Å². The topological polar surface area (TPSA) is 78.9 Å². The quantitative estimate of drug-likeness (QED) is 0.616. The highest BCUT2D eigenvalue weighted by Gasteiger charge is 2.03. The number of anilines is 2. The second-order valence-corrected chi connectivity index (χ2v) is 5.51. The molecule has 0 spiro atoms. The molecule has 6 nitrogen and oxygen atoms in total. The fourth-order valence-electron chi connectivity index (χ4n) is 2.29. The average molecular weight is 327 g/mol. The molecule has 0 atom stereocenters. The van der Waals surface area contributed by atoms with Gasteiger partial charge in [-0.25, -0.2) is 4.98 Å². The van der Waals surface area contributed by atoms with Crippen LogP contribution in [0, 0.1) is 6.92 Å².